The molecule has 6 heteroatoms. The molecule has 1 unspecified atom stereocenters. The number of likely N-dealkylation sites (N-methyl/N-ethyl adjacent to an activating group) is 2. The molecule has 2 aromatic rings. The Kier molecular flexibility index (Phi) is 5.76. The van der Waals surface area contributed by atoms with Crippen LogP contribution in [0.1, 0.15) is 17.2 Å². The molecular formula is C21H26N4O2. The van der Waals surface area contributed by atoms with Gasteiger partial charge in [-0.25, -0.2) is 0 Å². The van der Waals surface area contributed by atoms with Gasteiger partial charge in [0.15, 0.2) is 0 Å². The van der Waals surface area contributed by atoms with Gasteiger partial charge in [0.2, 0.25) is 0 Å². The van der Waals surface area contributed by atoms with E-state index in [0.29, 0.717) is 12.2 Å². The van der Waals surface area contributed by atoms with E-state index in [1.165, 1.54) is 11.3 Å². The number of anilines is 2. The van der Waals surface area contributed by atoms with E-state index in [9.17, 15) is 9.59 Å². The molecule has 0 radical (unpaired) electrons. The molecule has 6 nitrogen and oxygen atoms in total. The third kappa shape index (κ3) is 4.46. The van der Waals surface area contributed by atoms with Crippen LogP contribution in [0.25, 0.3) is 0 Å². The van der Waals surface area contributed by atoms with E-state index < -0.39 is 11.8 Å². The van der Waals surface area contributed by atoms with Gasteiger partial charge >= 0.3 is 11.8 Å². The van der Waals surface area contributed by atoms with Crippen molar-refractivity contribution in [1.82, 2.24) is 10.2 Å². The lowest BCUT2D eigenvalue weighted by atomic mass is 10.0. The van der Waals surface area contributed by atoms with Crippen LogP contribution in [-0.4, -0.2) is 50.9 Å². The number of amides is 2. The fourth-order valence-electron chi connectivity index (χ4n) is 3.37. The Morgan fingerprint density at radius 2 is 1.85 bits per heavy atom. The van der Waals surface area contributed by atoms with Crippen LogP contribution < -0.4 is 15.5 Å². The number of hydrogen-bond donors (Lipinski definition) is 2. The second kappa shape index (κ2) is 8.22. The fraction of sp³-hybridized carbons (Fsp3) is 0.333. The summed E-state index contributed by atoms with van der Waals surface area (Å²) in [7, 11) is 6.04. The molecule has 2 aromatic carbocycles. The summed E-state index contributed by atoms with van der Waals surface area (Å²) in [6.07, 6.45) is 1.03. The van der Waals surface area contributed by atoms with Crippen LogP contribution in [0.2, 0.25) is 0 Å². The summed E-state index contributed by atoms with van der Waals surface area (Å²) in [6, 6.07) is 15.4. The molecule has 0 bridgehead atoms. The SMILES string of the molecule is CN1CCc2cc(C(CNC(=O)C(=O)Nc3ccccc3)N(C)C)ccc21. The summed E-state index contributed by atoms with van der Waals surface area (Å²) in [6.45, 7) is 1.39. The second-order valence-electron chi connectivity index (χ2n) is 7.07. The zero-order chi connectivity index (χ0) is 19.4. The Balaban J connectivity index is 1.63. The molecule has 0 saturated carbocycles. The minimum atomic E-state index is -0.658. The number of carbonyl (C=O) groups is 2. The highest BCUT2D eigenvalue weighted by atomic mass is 16.2. The van der Waals surface area contributed by atoms with Crippen LogP contribution in [0.15, 0.2) is 48.5 Å². The number of nitrogens with zero attached hydrogens (tertiary/aromatic N) is 2. The van der Waals surface area contributed by atoms with Gasteiger partial charge in [-0.3, -0.25) is 9.59 Å². The Bertz CT molecular complexity index is 820. The summed E-state index contributed by atoms with van der Waals surface area (Å²) >= 11 is 0. The lowest BCUT2D eigenvalue weighted by molar-refractivity contribution is -0.136. The van der Waals surface area contributed by atoms with Gasteiger partial charge in [-0.15, -0.1) is 0 Å². The van der Waals surface area contributed by atoms with Crippen molar-refractivity contribution < 1.29 is 9.59 Å². The zero-order valence-electron chi connectivity index (χ0n) is 16.0. The quantitative estimate of drug-likeness (QED) is 0.795. The van der Waals surface area contributed by atoms with E-state index in [0.717, 1.165) is 18.5 Å². The van der Waals surface area contributed by atoms with Gasteiger partial charge in [-0.05, 0) is 49.8 Å². The minimum Gasteiger partial charge on any atom is -0.374 e. The van der Waals surface area contributed by atoms with Crippen LogP contribution in [0.3, 0.4) is 0 Å². The predicted molar refractivity (Wildman–Crippen MR) is 108 cm³/mol. The first-order valence-electron chi connectivity index (χ1n) is 9.10. The lowest BCUT2D eigenvalue weighted by Crippen LogP contribution is -2.40. The maximum atomic E-state index is 12.2. The van der Waals surface area contributed by atoms with Crippen LogP contribution in [-0.2, 0) is 16.0 Å². The molecule has 27 heavy (non-hydrogen) atoms. The molecule has 0 aliphatic carbocycles. The summed E-state index contributed by atoms with van der Waals surface area (Å²) < 4.78 is 0. The molecule has 0 saturated heterocycles. The zero-order valence-corrected chi connectivity index (χ0v) is 16.0. The van der Waals surface area contributed by atoms with E-state index in [-0.39, 0.29) is 6.04 Å². The maximum absolute atomic E-state index is 12.2. The number of hydrogen-bond acceptors (Lipinski definition) is 4. The van der Waals surface area contributed by atoms with Crippen molar-refractivity contribution in [2.24, 2.45) is 0 Å². The Hall–Kier alpha value is -2.86. The number of nitrogens with one attached hydrogen (secondary N) is 2. The largest absolute Gasteiger partial charge is 0.374 e. The highest BCUT2D eigenvalue weighted by molar-refractivity contribution is 6.39. The van der Waals surface area contributed by atoms with Crippen molar-refractivity contribution in [3.63, 3.8) is 0 Å². The van der Waals surface area contributed by atoms with Gasteiger partial charge in [0.05, 0.1) is 6.04 Å². The Morgan fingerprint density at radius 1 is 1.11 bits per heavy atom. The topological polar surface area (TPSA) is 64.7 Å². The number of benzene rings is 2. The molecule has 0 fully saturated rings. The molecule has 0 aromatic heterocycles. The first kappa shape index (κ1) is 18.9. The maximum Gasteiger partial charge on any atom is 0.313 e. The van der Waals surface area contributed by atoms with Gasteiger partial charge in [0.25, 0.3) is 0 Å². The third-order valence-corrected chi connectivity index (χ3v) is 4.93. The standard InChI is InChI=1S/C21H26N4O2/c1-24(2)19(15-9-10-18-16(13-15)11-12-25(18)3)14-22-20(26)21(27)23-17-7-5-4-6-8-17/h4-10,13,19H,11-12,14H2,1-3H3,(H,22,26)(H,23,27). The predicted octanol–water partition coefficient (Wildman–Crippen LogP) is 2.04. The van der Waals surface area contributed by atoms with Crippen LogP contribution in [0.4, 0.5) is 11.4 Å². The molecular weight excluding hydrogens is 340 g/mol. The second-order valence-corrected chi connectivity index (χ2v) is 7.07. The van der Waals surface area contributed by atoms with E-state index >= 15 is 0 Å². The Morgan fingerprint density at radius 3 is 2.56 bits per heavy atom. The molecule has 2 N–H and O–H groups in total. The van der Waals surface area contributed by atoms with Crippen molar-refractivity contribution in [3.05, 3.63) is 59.7 Å². The van der Waals surface area contributed by atoms with E-state index in [1.807, 2.05) is 20.2 Å². The van der Waals surface area contributed by atoms with Crippen molar-refractivity contribution in [3.8, 4) is 0 Å². The van der Waals surface area contributed by atoms with E-state index in [4.69, 9.17) is 0 Å². The molecule has 142 valence electrons. The molecule has 3 rings (SSSR count). The van der Waals surface area contributed by atoms with Gasteiger partial charge in [0, 0.05) is 31.5 Å². The first-order chi connectivity index (χ1) is 13.0. The van der Waals surface area contributed by atoms with Gasteiger partial charge in [-0.1, -0.05) is 30.3 Å². The monoisotopic (exact) mass is 366 g/mol. The first-order valence-corrected chi connectivity index (χ1v) is 9.10. The van der Waals surface area contributed by atoms with Crippen LogP contribution in [0, 0.1) is 0 Å². The molecule has 0 spiro atoms. The average Bonchev–Trinajstić information content (AvgIpc) is 3.02. The third-order valence-electron chi connectivity index (χ3n) is 4.93. The van der Waals surface area contributed by atoms with Gasteiger partial charge in [0.1, 0.15) is 0 Å². The minimum absolute atomic E-state index is 0.00492. The summed E-state index contributed by atoms with van der Waals surface area (Å²) in [5.74, 6) is -1.29. The van der Waals surface area contributed by atoms with Gasteiger partial charge < -0.3 is 20.4 Å². The lowest BCUT2D eigenvalue weighted by Gasteiger charge is -2.26. The average molecular weight is 366 g/mol. The van der Waals surface area contributed by atoms with Crippen molar-refractivity contribution in [2.75, 3.05) is 44.4 Å². The highest BCUT2D eigenvalue weighted by Crippen LogP contribution is 2.30. The number of fused-ring (bicyclic) bond motifs is 1. The number of rotatable bonds is 5. The number of carbonyl (C=O) groups excluding carboxylic acids is 2. The Labute approximate surface area is 160 Å². The van der Waals surface area contributed by atoms with E-state index in [1.54, 1.807) is 24.3 Å². The molecule has 1 aliphatic heterocycles. The summed E-state index contributed by atoms with van der Waals surface area (Å²) in [5.41, 5.74) is 4.33. The molecule has 1 aliphatic rings. The van der Waals surface area contributed by atoms with Crippen LogP contribution >= 0.6 is 0 Å². The van der Waals surface area contributed by atoms with E-state index in [2.05, 4.69) is 45.7 Å². The fourth-order valence-corrected chi connectivity index (χ4v) is 3.37. The highest BCUT2D eigenvalue weighted by Gasteiger charge is 2.22. The molecule has 1 heterocycles. The smallest absolute Gasteiger partial charge is 0.313 e. The van der Waals surface area contributed by atoms with Gasteiger partial charge in [-0.2, -0.15) is 0 Å². The summed E-state index contributed by atoms with van der Waals surface area (Å²) in [5, 5.41) is 5.36. The van der Waals surface area contributed by atoms with Crippen molar-refractivity contribution in [1.29, 1.82) is 0 Å². The molecule has 1 atom stereocenters. The summed E-state index contributed by atoms with van der Waals surface area (Å²) in [4.78, 5) is 28.6. The molecule has 2 amide bonds. The normalized spacial score (nSPS) is 14.0. The van der Waals surface area contributed by atoms with Crippen molar-refractivity contribution >= 4 is 23.2 Å². The van der Waals surface area contributed by atoms with Crippen molar-refractivity contribution in [2.45, 2.75) is 12.5 Å². The number of para-hydroxylation sites is 1. The van der Waals surface area contributed by atoms with Crippen LogP contribution in [0.5, 0.6) is 0 Å².